The number of fused-ring (bicyclic) bond motifs is 1. The molecule has 25 heavy (non-hydrogen) atoms. The minimum absolute atomic E-state index is 0.320. The van der Waals surface area contributed by atoms with Crippen LogP contribution in [0.15, 0.2) is 36.4 Å². The van der Waals surface area contributed by atoms with Crippen LogP contribution in [0.4, 0.5) is 11.4 Å². The number of carbonyl (C=O) groups excluding carboxylic acids is 2. The monoisotopic (exact) mass is 380 g/mol. The molecule has 0 spiro atoms. The van der Waals surface area contributed by atoms with Gasteiger partial charge in [0.25, 0.3) is 0 Å². The summed E-state index contributed by atoms with van der Waals surface area (Å²) in [6, 6.07) is 9.73. The van der Waals surface area contributed by atoms with Gasteiger partial charge in [0.1, 0.15) is 19.6 Å². The van der Waals surface area contributed by atoms with Crippen molar-refractivity contribution in [1.29, 1.82) is 0 Å². The number of amides is 2. The predicted molar refractivity (Wildman–Crippen MR) is 95.8 cm³/mol. The number of nitrogens with one attached hydrogen (secondary N) is 2. The zero-order valence-corrected chi connectivity index (χ0v) is 14.5. The molecule has 0 saturated heterocycles. The molecule has 2 N–H and O–H groups in total. The van der Waals surface area contributed by atoms with E-state index in [2.05, 4.69) is 10.6 Å². The standard InChI is InChI=1S/C17H14Cl2N2O4/c18-12-3-1-10(7-13(12)19)20-16(22)9-17(23)21-11-2-4-14-15(8-11)25-6-5-24-14/h1-4,7-8H,5-6,9H2,(H,20,22)(H,21,23). The van der Waals surface area contributed by atoms with Crippen molar-refractivity contribution in [2.45, 2.75) is 6.42 Å². The van der Waals surface area contributed by atoms with Gasteiger partial charge < -0.3 is 20.1 Å². The van der Waals surface area contributed by atoms with E-state index >= 15 is 0 Å². The fourth-order valence-corrected chi connectivity index (χ4v) is 2.55. The SMILES string of the molecule is O=C(CC(=O)Nc1ccc2c(c1)OCCO2)Nc1ccc(Cl)c(Cl)c1. The first-order chi connectivity index (χ1) is 12.0. The second kappa shape index (κ2) is 7.63. The van der Waals surface area contributed by atoms with E-state index in [1.54, 1.807) is 30.3 Å². The van der Waals surface area contributed by atoms with E-state index in [1.165, 1.54) is 6.07 Å². The number of hydrogen-bond acceptors (Lipinski definition) is 4. The Morgan fingerprint density at radius 2 is 1.44 bits per heavy atom. The number of anilines is 2. The first kappa shape index (κ1) is 17.4. The Morgan fingerprint density at radius 1 is 0.840 bits per heavy atom. The summed E-state index contributed by atoms with van der Waals surface area (Å²) in [5, 5.41) is 5.94. The molecule has 1 aliphatic rings. The molecule has 2 aromatic carbocycles. The van der Waals surface area contributed by atoms with Gasteiger partial charge in [0.05, 0.1) is 10.0 Å². The predicted octanol–water partition coefficient (Wildman–Crippen LogP) is 3.73. The highest BCUT2D eigenvalue weighted by Gasteiger charge is 2.14. The van der Waals surface area contributed by atoms with Gasteiger partial charge in [-0.05, 0) is 30.3 Å². The number of halogens is 2. The van der Waals surface area contributed by atoms with Gasteiger partial charge in [-0.2, -0.15) is 0 Å². The van der Waals surface area contributed by atoms with Gasteiger partial charge >= 0.3 is 0 Å². The molecular formula is C17H14Cl2N2O4. The molecule has 1 heterocycles. The molecule has 2 amide bonds. The maximum atomic E-state index is 12.0. The highest BCUT2D eigenvalue weighted by atomic mass is 35.5. The first-order valence-corrected chi connectivity index (χ1v) is 8.21. The zero-order valence-electron chi connectivity index (χ0n) is 13.0. The second-order valence-electron chi connectivity index (χ2n) is 5.26. The lowest BCUT2D eigenvalue weighted by molar-refractivity contribution is -0.123. The summed E-state index contributed by atoms with van der Waals surface area (Å²) in [5.74, 6) is 0.272. The number of carbonyl (C=O) groups is 2. The smallest absolute Gasteiger partial charge is 0.233 e. The van der Waals surface area contributed by atoms with Crippen LogP contribution in [0, 0.1) is 0 Å². The highest BCUT2D eigenvalue weighted by Crippen LogP contribution is 2.32. The molecule has 0 unspecified atom stereocenters. The summed E-state index contributed by atoms with van der Waals surface area (Å²) >= 11 is 11.7. The topological polar surface area (TPSA) is 76.7 Å². The van der Waals surface area contributed by atoms with Crippen LogP contribution in [-0.4, -0.2) is 25.0 Å². The lowest BCUT2D eigenvalue weighted by Crippen LogP contribution is -2.21. The van der Waals surface area contributed by atoms with Crippen molar-refractivity contribution in [1.82, 2.24) is 0 Å². The number of rotatable bonds is 4. The van der Waals surface area contributed by atoms with Gasteiger partial charge in [0, 0.05) is 17.4 Å². The summed E-state index contributed by atoms with van der Waals surface area (Å²) in [7, 11) is 0. The minimum Gasteiger partial charge on any atom is -0.486 e. The van der Waals surface area contributed by atoms with Gasteiger partial charge in [0.15, 0.2) is 11.5 Å². The van der Waals surface area contributed by atoms with Gasteiger partial charge in [-0.1, -0.05) is 23.2 Å². The normalized spacial score (nSPS) is 12.4. The van der Waals surface area contributed by atoms with Crippen molar-refractivity contribution in [3.05, 3.63) is 46.4 Å². The molecule has 0 bridgehead atoms. The second-order valence-corrected chi connectivity index (χ2v) is 6.07. The summed E-state index contributed by atoms with van der Waals surface area (Å²) in [4.78, 5) is 24.0. The van der Waals surface area contributed by atoms with E-state index < -0.39 is 11.8 Å². The lowest BCUT2D eigenvalue weighted by atomic mass is 10.2. The van der Waals surface area contributed by atoms with Crippen LogP contribution in [0.5, 0.6) is 11.5 Å². The molecule has 0 aromatic heterocycles. The maximum absolute atomic E-state index is 12.0. The van der Waals surface area contributed by atoms with Gasteiger partial charge in [-0.25, -0.2) is 0 Å². The van der Waals surface area contributed by atoms with E-state index in [0.29, 0.717) is 46.1 Å². The van der Waals surface area contributed by atoms with Crippen molar-refractivity contribution in [3.8, 4) is 11.5 Å². The molecule has 0 aliphatic carbocycles. The Kier molecular flexibility index (Phi) is 5.31. The quantitative estimate of drug-likeness (QED) is 0.792. The molecule has 8 heteroatoms. The van der Waals surface area contributed by atoms with Crippen LogP contribution in [-0.2, 0) is 9.59 Å². The van der Waals surface area contributed by atoms with E-state index in [1.807, 2.05) is 0 Å². The fourth-order valence-electron chi connectivity index (χ4n) is 2.25. The highest BCUT2D eigenvalue weighted by molar-refractivity contribution is 6.42. The Hall–Kier alpha value is -2.44. The molecular weight excluding hydrogens is 367 g/mol. The number of ether oxygens (including phenoxy) is 2. The first-order valence-electron chi connectivity index (χ1n) is 7.45. The van der Waals surface area contributed by atoms with Gasteiger partial charge in [-0.3, -0.25) is 9.59 Å². The average molecular weight is 381 g/mol. The van der Waals surface area contributed by atoms with Crippen LogP contribution in [0.1, 0.15) is 6.42 Å². The van der Waals surface area contributed by atoms with Crippen LogP contribution < -0.4 is 20.1 Å². The van der Waals surface area contributed by atoms with E-state index in [9.17, 15) is 9.59 Å². The molecule has 0 saturated carbocycles. The third-order valence-electron chi connectivity index (χ3n) is 3.35. The maximum Gasteiger partial charge on any atom is 0.233 e. The summed E-state index contributed by atoms with van der Waals surface area (Å²) < 4.78 is 10.9. The van der Waals surface area contributed by atoms with E-state index in [0.717, 1.165) is 0 Å². The van der Waals surface area contributed by atoms with E-state index in [-0.39, 0.29) is 6.42 Å². The van der Waals surface area contributed by atoms with Gasteiger partial charge in [0.2, 0.25) is 11.8 Å². The van der Waals surface area contributed by atoms with Crippen LogP contribution >= 0.6 is 23.2 Å². The zero-order chi connectivity index (χ0) is 17.8. The van der Waals surface area contributed by atoms with Crippen molar-refractivity contribution in [2.24, 2.45) is 0 Å². The van der Waals surface area contributed by atoms with Crippen LogP contribution in [0.3, 0.4) is 0 Å². The van der Waals surface area contributed by atoms with Crippen molar-refractivity contribution < 1.29 is 19.1 Å². The third-order valence-corrected chi connectivity index (χ3v) is 4.09. The average Bonchev–Trinajstić information content (AvgIpc) is 2.58. The molecule has 0 radical (unpaired) electrons. The fraction of sp³-hybridized carbons (Fsp3) is 0.176. The van der Waals surface area contributed by atoms with E-state index in [4.69, 9.17) is 32.7 Å². The molecule has 2 aromatic rings. The molecule has 130 valence electrons. The Bertz CT molecular complexity index is 826. The summed E-state index contributed by atoms with van der Waals surface area (Å²) in [6.07, 6.45) is -0.339. The van der Waals surface area contributed by atoms with Gasteiger partial charge in [-0.15, -0.1) is 0 Å². The molecule has 0 fully saturated rings. The molecule has 3 rings (SSSR count). The Balaban J connectivity index is 1.56. The third kappa shape index (κ3) is 4.55. The lowest BCUT2D eigenvalue weighted by Gasteiger charge is -2.19. The number of benzene rings is 2. The Morgan fingerprint density at radius 3 is 2.12 bits per heavy atom. The number of hydrogen-bond donors (Lipinski definition) is 2. The van der Waals surface area contributed by atoms with Crippen molar-refractivity contribution in [3.63, 3.8) is 0 Å². The van der Waals surface area contributed by atoms with Crippen molar-refractivity contribution >= 4 is 46.4 Å². The largest absolute Gasteiger partial charge is 0.486 e. The van der Waals surface area contributed by atoms with Crippen LogP contribution in [0.25, 0.3) is 0 Å². The molecule has 6 nitrogen and oxygen atoms in total. The summed E-state index contributed by atoms with van der Waals surface area (Å²) in [6.45, 7) is 0.948. The summed E-state index contributed by atoms with van der Waals surface area (Å²) in [5.41, 5.74) is 0.989. The molecule has 0 atom stereocenters. The van der Waals surface area contributed by atoms with Crippen LogP contribution in [0.2, 0.25) is 10.0 Å². The Labute approximate surface area is 154 Å². The minimum atomic E-state index is -0.464. The van der Waals surface area contributed by atoms with Crippen molar-refractivity contribution in [2.75, 3.05) is 23.8 Å². The molecule has 1 aliphatic heterocycles.